The molecular weight excluding hydrogens is 226 g/mol. The number of aliphatic hydroxyl groups excluding tert-OH is 1. The van der Waals surface area contributed by atoms with E-state index >= 15 is 0 Å². The lowest BCUT2D eigenvalue weighted by Crippen LogP contribution is -2.06. The second-order valence-corrected chi connectivity index (χ2v) is 4.35. The summed E-state index contributed by atoms with van der Waals surface area (Å²) in [7, 11) is 1.61. The summed E-state index contributed by atoms with van der Waals surface area (Å²) in [5, 5.41) is 10.4. The average molecular weight is 243 g/mol. The second kappa shape index (κ2) is 5.19. The number of ether oxygens (including phenoxy) is 1. The van der Waals surface area contributed by atoms with Gasteiger partial charge in [0.1, 0.15) is 11.9 Å². The van der Waals surface area contributed by atoms with Gasteiger partial charge in [-0.25, -0.2) is 0 Å². The zero-order valence-corrected chi connectivity index (χ0v) is 10.8. The van der Waals surface area contributed by atoms with Crippen LogP contribution < -0.4 is 4.74 Å². The number of pyridine rings is 1. The van der Waals surface area contributed by atoms with Gasteiger partial charge in [-0.15, -0.1) is 0 Å². The van der Waals surface area contributed by atoms with Gasteiger partial charge in [0.25, 0.3) is 0 Å². The number of nitrogens with zero attached hydrogens (tertiary/aromatic N) is 1. The zero-order valence-electron chi connectivity index (χ0n) is 10.8. The smallest absolute Gasteiger partial charge is 0.125 e. The quantitative estimate of drug-likeness (QED) is 0.901. The molecule has 2 aromatic rings. The van der Waals surface area contributed by atoms with Gasteiger partial charge in [0.15, 0.2) is 0 Å². The van der Waals surface area contributed by atoms with Crippen molar-refractivity contribution in [1.82, 2.24) is 4.98 Å². The minimum atomic E-state index is -0.762. The predicted molar refractivity (Wildman–Crippen MR) is 70.8 cm³/mol. The van der Waals surface area contributed by atoms with Gasteiger partial charge < -0.3 is 9.84 Å². The van der Waals surface area contributed by atoms with Crippen molar-refractivity contribution < 1.29 is 9.84 Å². The fraction of sp³-hybridized carbons (Fsp3) is 0.267. The van der Waals surface area contributed by atoms with E-state index < -0.39 is 6.10 Å². The third-order valence-corrected chi connectivity index (χ3v) is 2.95. The Labute approximate surface area is 107 Å². The van der Waals surface area contributed by atoms with Gasteiger partial charge in [-0.3, -0.25) is 4.98 Å². The third-order valence-electron chi connectivity index (χ3n) is 2.95. The van der Waals surface area contributed by atoms with E-state index in [4.69, 9.17) is 4.74 Å². The summed E-state index contributed by atoms with van der Waals surface area (Å²) >= 11 is 0. The minimum absolute atomic E-state index is 0.628. The molecule has 1 aromatic carbocycles. The minimum Gasteiger partial charge on any atom is -0.496 e. The third kappa shape index (κ3) is 2.36. The number of rotatable bonds is 3. The van der Waals surface area contributed by atoms with Crippen LogP contribution in [0.1, 0.15) is 28.5 Å². The van der Waals surface area contributed by atoms with E-state index in [2.05, 4.69) is 4.98 Å². The number of hydrogen-bond acceptors (Lipinski definition) is 3. The Morgan fingerprint density at radius 3 is 2.61 bits per heavy atom. The van der Waals surface area contributed by atoms with Crippen LogP contribution in [0, 0.1) is 13.8 Å². The summed E-state index contributed by atoms with van der Waals surface area (Å²) in [5.41, 5.74) is 3.52. The van der Waals surface area contributed by atoms with Crippen LogP contribution >= 0.6 is 0 Å². The molecule has 0 saturated carbocycles. The molecule has 0 spiro atoms. The molecular formula is C15H17NO2. The van der Waals surface area contributed by atoms with Crippen LogP contribution in [-0.4, -0.2) is 17.2 Å². The highest BCUT2D eigenvalue weighted by molar-refractivity contribution is 5.46. The summed E-state index contributed by atoms with van der Waals surface area (Å²) in [4.78, 5) is 4.19. The molecule has 94 valence electrons. The van der Waals surface area contributed by atoms with Gasteiger partial charge in [-0.05, 0) is 43.2 Å². The van der Waals surface area contributed by atoms with E-state index in [0.29, 0.717) is 11.4 Å². The first kappa shape index (κ1) is 12.6. The van der Waals surface area contributed by atoms with Crippen molar-refractivity contribution in [1.29, 1.82) is 0 Å². The lowest BCUT2D eigenvalue weighted by Gasteiger charge is -2.17. The Kier molecular flexibility index (Phi) is 3.63. The number of benzene rings is 1. The van der Waals surface area contributed by atoms with E-state index in [1.54, 1.807) is 13.3 Å². The van der Waals surface area contributed by atoms with Crippen molar-refractivity contribution in [3.05, 3.63) is 58.9 Å². The first-order valence-electron chi connectivity index (χ1n) is 5.87. The number of methoxy groups -OCH3 is 1. The lowest BCUT2D eigenvalue weighted by molar-refractivity contribution is 0.209. The predicted octanol–water partition coefficient (Wildman–Crippen LogP) is 2.79. The molecule has 0 radical (unpaired) electrons. The molecule has 0 fully saturated rings. The summed E-state index contributed by atoms with van der Waals surface area (Å²) in [6.07, 6.45) is 0.913. The highest BCUT2D eigenvalue weighted by atomic mass is 16.5. The first-order chi connectivity index (χ1) is 8.63. The van der Waals surface area contributed by atoms with E-state index in [-0.39, 0.29) is 0 Å². The topological polar surface area (TPSA) is 42.4 Å². The van der Waals surface area contributed by atoms with Crippen molar-refractivity contribution in [2.24, 2.45) is 0 Å². The molecule has 1 N–H and O–H groups in total. The van der Waals surface area contributed by atoms with Crippen molar-refractivity contribution in [3.63, 3.8) is 0 Å². The van der Waals surface area contributed by atoms with Crippen LogP contribution in [0.2, 0.25) is 0 Å². The second-order valence-electron chi connectivity index (χ2n) is 4.35. The molecule has 0 amide bonds. The zero-order chi connectivity index (χ0) is 13.1. The van der Waals surface area contributed by atoms with Gasteiger partial charge in [-0.1, -0.05) is 12.1 Å². The van der Waals surface area contributed by atoms with E-state index in [1.165, 1.54) is 0 Å². The molecule has 1 unspecified atom stereocenters. The standard InChI is InChI=1S/C15H17NO2/c1-10-8-11(2)14(13(9-10)18-3)15(17)12-6-4-5-7-16-12/h4-9,15,17H,1-3H3. The van der Waals surface area contributed by atoms with Crippen LogP contribution in [0.15, 0.2) is 36.5 Å². The largest absolute Gasteiger partial charge is 0.496 e. The molecule has 2 rings (SSSR count). The van der Waals surface area contributed by atoms with Crippen molar-refractivity contribution in [2.45, 2.75) is 20.0 Å². The van der Waals surface area contributed by atoms with Crippen LogP contribution in [-0.2, 0) is 0 Å². The molecule has 18 heavy (non-hydrogen) atoms. The molecule has 1 heterocycles. The monoisotopic (exact) mass is 243 g/mol. The molecule has 1 aromatic heterocycles. The molecule has 3 nitrogen and oxygen atoms in total. The number of aliphatic hydroxyl groups is 1. The highest BCUT2D eigenvalue weighted by Gasteiger charge is 2.19. The Morgan fingerprint density at radius 1 is 1.22 bits per heavy atom. The number of hydrogen-bond donors (Lipinski definition) is 1. The highest BCUT2D eigenvalue weighted by Crippen LogP contribution is 2.32. The van der Waals surface area contributed by atoms with Crippen LogP contribution in [0.25, 0.3) is 0 Å². The summed E-state index contributed by atoms with van der Waals surface area (Å²) in [6, 6.07) is 9.46. The number of aryl methyl sites for hydroxylation is 2. The maximum atomic E-state index is 10.4. The fourth-order valence-corrected chi connectivity index (χ4v) is 2.14. The molecule has 1 atom stereocenters. The Balaban J connectivity index is 2.51. The van der Waals surface area contributed by atoms with Gasteiger partial charge >= 0.3 is 0 Å². The van der Waals surface area contributed by atoms with Gasteiger partial charge in [0, 0.05) is 11.8 Å². The Bertz CT molecular complexity index is 538. The molecule has 0 aliphatic rings. The average Bonchev–Trinajstić information content (AvgIpc) is 2.38. The summed E-state index contributed by atoms with van der Waals surface area (Å²) < 4.78 is 5.36. The summed E-state index contributed by atoms with van der Waals surface area (Å²) in [6.45, 7) is 3.98. The van der Waals surface area contributed by atoms with Crippen molar-refractivity contribution in [2.75, 3.05) is 7.11 Å². The fourth-order valence-electron chi connectivity index (χ4n) is 2.14. The number of aromatic nitrogens is 1. The van der Waals surface area contributed by atoms with E-state index in [0.717, 1.165) is 16.7 Å². The van der Waals surface area contributed by atoms with Gasteiger partial charge in [0.05, 0.1) is 12.8 Å². The Hall–Kier alpha value is -1.87. The van der Waals surface area contributed by atoms with E-state index in [1.807, 2.05) is 44.2 Å². The van der Waals surface area contributed by atoms with E-state index in [9.17, 15) is 5.11 Å². The summed E-state index contributed by atoms with van der Waals surface area (Å²) in [5.74, 6) is 0.700. The molecule has 3 heteroatoms. The molecule has 0 aliphatic heterocycles. The molecule has 0 aliphatic carbocycles. The molecule has 0 saturated heterocycles. The van der Waals surface area contributed by atoms with Crippen LogP contribution in [0.3, 0.4) is 0 Å². The Morgan fingerprint density at radius 2 is 2.00 bits per heavy atom. The van der Waals surface area contributed by atoms with Crippen molar-refractivity contribution in [3.8, 4) is 5.75 Å². The first-order valence-corrected chi connectivity index (χ1v) is 5.87. The van der Waals surface area contributed by atoms with Crippen LogP contribution in [0.4, 0.5) is 0 Å². The molecule has 0 bridgehead atoms. The lowest BCUT2D eigenvalue weighted by atomic mass is 9.97. The van der Waals surface area contributed by atoms with Crippen molar-refractivity contribution >= 4 is 0 Å². The maximum absolute atomic E-state index is 10.4. The maximum Gasteiger partial charge on any atom is 0.125 e. The van der Waals surface area contributed by atoms with Gasteiger partial charge in [-0.2, -0.15) is 0 Å². The normalized spacial score (nSPS) is 12.2. The van der Waals surface area contributed by atoms with Gasteiger partial charge in [0.2, 0.25) is 0 Å². The van der Waals surface area contributed by atoms with Crippen LogP contribution in [0.5, 0.6) is 5.75 Å². The SMILES string of the molecule is COc1cc(C)cc(C)c1C(O)c1ccccn1.